The highest BCUT2D eigenvalue weighted by Gasteiger charge is 2.26. The van der Waals surface area contributed by atoms with Crippen LogP contribution in [0.1, 0.15) is 19.4 Å². The summed E-state index contributed by atoms with van der Waals surface area (Å²) in [5, 5.41) is 9.12. The summed E-state index contributed by atoms with van der Waals surface area (Å²) in [7, 11) is -2.24. The van der Waals surface area contributed by atoms with E-state index in [0.29, 0.717) is 25.3 Å². The van der Waals surface area contributed by atoms with Gasteiger partial charge in [-0.25, -0.2) is 8.42 Å². The number of benzene rings is 1. The first-order chi connectivity index (χ1) is 10.0. The van der Waals surface area contributed by atoms with E-state index in [-0.39, 0.29) is 23.8 Å². The number of ether oxygens (including phenoxy) is 2. The molecule has 0 fully saturated rings. The Morgan fingerprint density at radius 1 is 1.29 bits per heavy atom. The molecular formula is C14H23NO5S. The molecule has 0 atom stereocenters. The van der Waals surface area contributed by atoms with Crippen molar-refractivity contribution in [1.29, 1.82) is 0 Å². The summed E-state index contributed by atoms with van der Waals surface area (Å²) in [5.74, 6) is 0.233. The van der Waals surface area contributed by atoms with E-state index in [1.165, 1.54) is 23.5 Å². The van der Waals surface area contributed by atoms with Crippen molar-refractivity contribution in [3.63, 3.8) is 0 Å². The molecule has 0 heterocycles. The second-order valence-corrected chi connectivity index (χ2v) is 6.24. The van der Waals surface area contributed by atoms with E-state index in [0.717, 1.165) is 0 Å². The number of sulfonamides is 1. The van der Waals surface area contributed by atoms with Gasteiger partial charge in [0, 0.05) is 19.7 Å². The molecule has 0 amide bonds. The zero-order chi connectivity index (χ0) is 15.9. The Bertz CT molecular complexity index is 544. The Hall–Kier alpha value is -1.15. The van der Waals surface area contributed by atoms with Crippen molar-refractivity contribution in [2.24, 2.45) is 0 Å². The smallest absolute Gasteiger partial charge is 0.246 e. The van der Waals surface area contributed by atoms with Gasteiger partial charge in [-0.2, -0.15) is 4.31 Å². The van der Waals surface area contributed by atoms with Gasteiger partial charge in [-0.1, -0.05) is 13.0 Å². The molecule has 1 aromatic rings. The molecule has 120 valence electrons. The van der Waals surface area contributed by atoms with Crippen LogP contribution in [0.4, 0.5) is 0 Å². The monoisotopic (exact) mass is 317 g/mol. The Balaban J connectivity index is 3.10. The minimum Gasteiger partial charge on any atom is -0.495 e. The molecule has 0 radical (unpaired) electrons. The summed E-state index contributed by atoms with van der Waals surface area (Å²) in [4.78, 5) is 0.0977. The third kappa shape index (κ3) is 4.41. The molecule has 0 aliphatic rings. The van der Waals surface area contributed by atoms with E-state index in [4.69, 9.17) is 14.6 Å². The lowest BCUT2D eigenvalue weighted by Crippen LogP contribution is -2.34. The van der Waals surface area contributed by atoms with Crippen molar-refractivity contribution in [1.82, 2.24) is 4.31 Å². The average molecular weight is 317 g/mol. The van der Waals surface area contributed by atoms with E-state index in [2.05, 4.69) is 0 Å². The van der Waals surface area contributed by atoms with Gasteiger partial charge in [0.2, 0.25) is 10.0 Å². The van der Waals surface area contributed by atoms with Gasteiger partial charge in [0.05, 0.1) is 20.3 Å². The highest BCUT2D eigenvalue weighted by atomic mass is 32.2. The first-order valence-electron chi connectivity index (χ1n) is 6.86. The first-order valence-corrected chi connectivity index (χ1v) is 8.30. The Kier molecular flexibility index (Phi) is 7.10. The largest absolute Gasteiger partial charge is 0.495 e. The fraction of sp³-hybridized carbons (Fsp3) is 0.571. The van der Waals surface area contributed by atoms with E-state index in [1.807, 2.05) is 6.92 Å². The Morgan fingerprint density at radius 3 is 2.52 bits per heavy atom. The summed E-state index contributed by atoms with van der Waals surface area (Å²) in [6.07, 6.45) is 0. The highest BCUT2D eigenvalue weighted by molar-refractivity contribution is 7.89. The molecule has 0 bridgehead atoms. The predicted octanol–water partition coefficient (Wildman–Crippen LogP) is 1.23. The molecule has 21 heavy (non-hydrogen) atoms. The van der Waals surface area contributed by atoms with Crippen LogP contribution in [0.25, 0.3) is 0 Å². The molecule has 0 spiro atoms. The molecule has 0 aliphatic heterocycles. The van der Waals surface area contributed by atoms with Gasteiger partial charge in [-0.15, -0.1) is 0 Å². The molecule has 0 aliphatic carbocycles. The lowest BCUT2D eigenvalue weighted by Gasteiger charge is -2.21. The molecule has 1 N–H and O–H groups in total. The fourth-order valence-corrected chi connectivity index (χ4v) is 3.49. The lowest BCUT2D eigenvalue weighted by atomic mass is 10.2. The third-order valence-corrected chi connectivity index (χ3v) is 5.08. The summed E-state index contributed by atoms with van der Waals surface area (Å²) in [6.45, 7) is 5.00. The van der Waals surface area contributed by atoms with Crippen LogP contribution in [0, 0.1) is 0 Å². The minimum atomic E-state index is -3.65. The van der Waals surface area contributed by atoms with Crippen LogP contribution in [0.2, 0.25) is 0 Å². The van der Waals surface area contributed by atoms with Gasteiger partial charge in [-0.3, -0.25) is 0 Å². The number of likely N-dealkylation sites (N-methyl/N-ethyl adjacent to an activating group) is 1. The number of rotatable bonds is 9. The van der Waals surface area contributed by atoms with Gasteiger partial charge >= 0.3 is 0 Å². The number of aliphatic hydroxyl groups excluding tert-OH is 1. The second-order valence-electron chi connectivity index (χ2n) is 4.34. The summed E-state index contributed by atoms with van der Waals surface area (Å²) < 4.78 is 37.0. The third-order valence-electron chi connectivity index (χ3n) is 3.07. The molecule has 0 aromatic heterocycles. The second kappa shape index (κ2) is 8.33. The van der Waals surface area contributed by atoms with E-state index >= 15 is 0 Å². The molecule has 6 nitrogen and oxygen atoms in total. The van der Waals surface area contributed by atoms with Gasteiger partial charge in [0.1, 0.15) is 10.6 Å². The Labute approximate surface area is 126 Å². The fourth-order valence-electron chi connectivity index (χ4n) is 1.92. The van der Waals surface area contributed by atoms with Crippen LogP contribution >= 0.6 is 0 Å². The topological polar surface area (TPSA) is 76.1 Å². The number of aliphatic hydroxyl groups is 1. The van der Waals surface area contributed by atoms with Crippen LogP contribution < -0.4 is 4.74 Å². The number of nitrogens with zero attached hydrogens (tertiary/aromatic N) is 1. The maximum Gasteiger partial charge on any atom is 0.246 e. The standard InChI is InChI=1S/C14H23NO5S/c1-4-15(8-9-20-5-2)21(17,18)14-7-6-12(11-16)10-13(14)19-3/h6-7,10,16H,4-5,8-9,11H2,1-3H3. The average Bonchev–Trinajstić information content (AvgIpc) is 2.50. The van der Waals surface area contributed by atoms with Crippen molar-refractivity contribution in [2.45, 2.75) is 25.3 Å². The van der Waals surface area contributed by atoms with Gasteiger partial charge in [0.25, 0.3) is 0 Å². The van der Waals surface area contributed by atoms with Gasteiger partial charge in [0.15, 0.2) is 0 Å². The molecular weight excluding hydrogens is 294 g/mol. The maximum atomic E-state index is 12.7. The summed E-state index contributed by atoms with van der Waals surface area (Å²) in [5.41, 5.74) is 0.600. The van der Waals surface area contributed by atoms with Gasteiger partial charge in [-0.05, 0) is 24.6 Å². The van der Waals surface area contributed by atoms with Crippen LogP contribution in [0.5, 0.6) is 5.75 Å². The number of hydrogen-bond acceptors (Lipinski definition) is 5. The lowest BCUT2D eigenvalue weighted by molar-refractivity contribution is 0.135. The van der Waals surface area contributed by atoms with E-state index in [1.54, 1.807) is 13.0 Å². The Morgan fingerprint density at radius 2 is 2.00 bits per heavy atom. The first kappa shape index (κ1) is 17.9. The van der Waals surface area contributed by atoms with Crippen LogP contribution in [0.3, 0.4) is 0 Å². The zero-order valence-corrected chi connectivity index (χ0v) is 13.5. The number of methoxy groups -OCH3 is 1. The van der Waals surface area contributed by atoms with Crippen LogP contribution in [-0.2, 0) is 21.4 Å². The van der Waals surface area contributed by atoms with Crippen molar-refractivity contribution in [2.75, 3.05) is 33.4 Å². The normalized spacial score (nSPS) is 11.9. The van der Waals surface area contributed by atoms with Crippen LogP contribution in [-0.4, -0.2) is 51.2 Å². The van der Waals surface area contributed by atoms with Crippen LogP contribution in [0.15, 0.2) is 23.1 Å². The molecule has 0 saturated carbocycles. The zero-order valence-electron chi connectivity index (χ0n) is 12.7. The van der Waals surface area contributed by atoms with Gasteiger partial charge < -0.3 is 14.6 Å². The molecule has 0 unspecified atom stereocenters. The van der Waals surface area contributed by atoms with E-state index in [9.17, 15) is 8.42 Å². The SMILES string of the molecule is CCOCCN(CC)S(=O)(=O)c1ccc(CO)cc1OC. The number of hydrogen-bond donors (Lipinski definition) is 1. The van der Waals surface area contributed by atoms with Crippen molar-refractivity contribution >= 4 is 10.0 Å². The van der Waals surface area contributed by atoms with Crippen molar-refractivity contribution in [3.05, 3.63) is 23.8 Å². The summed E-state index contributed by atoms with van der Waals surface area (Å²) in [6, 6.07) is 4.57. The highest BCUT2D eigenvalue weighted by Crippen LogP contribution is 2.27. The molecule has 1 rings (SSSR count). The maximum absolute atomic E-state index is 12.7. The quantitative estimate of drug-likeness (QED) is 0.693. The molecule has 1 aromatic carbocycles. The predicted molar refractivity (Wildman–Crippen MR) is 79.8 cm³/mol. The van der Waals surface area contributed by atoms with Crippen molar-refractivity contribution in [3.8, 4) is 5.75 Å². The molecule has 7 heteroatoms. The minimum absolute atomic E-state index is 0.0977. The summed E-state index contributed by atoms with van der Waals surface area (Å²) >= 11 is 0. The van der Waals surface area contributed by atoms with E-state index < -0.39 is 10.0 Å². The van der Waals surface area contributed by atoms with Crippen molar-refractivity contribution < 1.29 is 23.0 Å². The molecule has 0 saturated heterocycles.